The maximum absolute atomic E-state index is 13.3. The molecule has 9 nitrogen and oxygen atoms in total. The van der Waals surface area contributed by atoms with Crippen molar-refractivity contribution in [2.75, 3.05) is 29.4 Å². The molecular weight excluding hydrogens is 502 g/mol. The van der Waals surface area contributed by atoms with E-state index in [0.717, 1.165) is 22.4 Å². The lowest BCUT2D eigenvalue weighted by atomic mass is 9.96. The molecule has 40 heavy (non-hydrogen) atoms. The van der Waals surface area contributed by atoms with Gasteiger partial charge in [-0.1, -0.05) is 32.9 Å². The number of carbonyl (C=O) groups excluding carboxylic acids is 2. The number of anilines is 2. The number of carbonyl (C=O) groups is 2. The number of fused-ring (bicyclic) bond motifs is 1. The van der Waals surface area contributed by atoms with E-state index in [1.165, 1.54) is 0 Å². The first-order valence-corrected chi connectivity index (χ1v) is 13.9. The first-order valence-electron chi connectivity index (χ1n) is 13.9. The van der Waals surface area contributed by atoms with Gasteiger partial charge in [-0.2, -0.15) is 5.26 Å². The van der Waals surface area contributed by atoms with E-state index in [0.29, 0.717) is 49.8 Å². The lowest BCUT2D eigenvalue weighted by Gasteiger charge is -2.39. The SMILES string of the molecule is CC.CCC(=O)N1CCN(c2ncc(-c3ccc4c(c3)N(Cc3cccnc3C#N)C(C)(C)C4=O)cn2)CC1C. The van der Waals surface area contributed by atoms with Crippen molar-refractivity contribution in [1.29, 1.82) is 5.26 Å². The number of amides is 1. The van der Waals surface area contributed by atoms with Crippen molar-refractivity contribution >= 4 is 23.3 Å². The molecule has 0 aliphatic carbocycles. The molecule has 4 heterocycles. The van der Waals surface area contributed by atoms with E-state index >= 15 is 0 Å². The maximum Gasteiger partial charge on any atom is 0.225 e. The highest BCUT2D eigenvalue weighted by Crippen LogP contribution is 2.42. The molecule has 0 radical (unpaired) electrons. The standard InChI is InChI=1S/C29H31N7O2.C2H6/c1-5-26(37)35-12-11-34(17-19(35)2)28-32-15-22(16-33-28)20-8-9-23-25(13-20)36(29(3,4)27(23)38)18-21-7-6-10-31-24(21)14-30;1-2/h6-10,13,15-16,19H,5,11-12,17-18H2,1-4H3;1-2H3. The molecule has 1 aromatic carbocycles. The molecule has 1 saturated heterocycles. The van der Waals surface area contributed by atoms with E-state index < -0.39 is 5.54 Å². The highest BCUT2D eigenvalue weighted by Gasteiger charge is 2.44. The summed E-state index contributed by atoms with van der Waals surface area (Å²) in [6, 6.07) is 11.7. The van der Waals surface area contributed by atoms with Crippen molar-refractivity contribution in [3.05, 3.63) is 65.7 Å². The Morgan fingerprint density at radius 1 is 1.10 bits per heavy atom. The lowest BCUT2D eigenvalue weighted by molar-refractivity contribution is -0.133. The highest BCUT2D eigenvalue weighted by molar-refractivity contribution is 6.14. The maximum atomic E-state index is 13.3. The average Bonchev–Trinajstić information content (AvgIpc) is 3.18. The van der Waals surface area contributed by atoms with Crippen LogP contribution in [0.2, 0.25) is 0 Å². The molecule has 5 rings (SSSR count). The predicted molar refractivity (Wildman–Crippen MR) is 156 cm³/mol. The van der Waals surface area contributed by atoms with E-state index in [1.54, 1.807) is 24.7 Å². The molecule has 1 amide bonds. The molecule has 3 aromatic rings. The Balaban J connectivity index is 0.00000181. The van der Waals surface area contributed by atoms with Crippen LogP contribution in [0.3, 0.4) is 0 Å². The molecule has 2 aliphatic rings. The average molecular weight is 540 g/mol. The summed E-state index contributed by atoms with van der Waals surface area (Å²) in [5.74, 6) is 0.861. The van der Waals surface area contributed by atoms with E-state index in [4.69, 9.17) is 0 Å². The van der Waals surface area contributed by atoms with Crippen LogP contribution in [0.5, 0.6) is 0 Å². The number of hydrogen-bond donors (Lipinski definition) is 0. The van der Waals surface area contributed by atoms with Gasteiger partial charge in [-0.15, -0.1) is 0 Å². The lowest BCUT2D eigenvalue weighted by Crippen LogP contribution is -2.54. The molecule has 208 valence electrons. The van der Waals surface area contributed by atoms with E-state index in [1.807, 2.05) is 68.7 Å². The number of nitriles is 1. The van der Waals surface area contributed by atoms with Crippen molar-refractivity contribution in [1.82, 2.24) is 19.9 Å². The molecule has 1 unspecified atom stereocenters. The normalized spacial score (nSPS) is 17.6. The third-order valence-electron chi connectivity index (χ3n) is 7.59. The van der Waals surface area contributed by atoms with E-state index in [9.17, 15) is 14.9 Å². The van der Waals surface area contributed by atoms with Gasteiger partial charge < -0.3 is 14.7 Å². The fourth-order valence-corrected chi connectivity index (χ4v) is 5.35. The first-order chi connectivity index (χ1) is 19.2. The van der Waals surface area contributed by atoms with Gasteiger partial charge in [0.15, 0.2) is 5.78 Å². The van der Waals surface area contributed by atoms with Crippen LogP contribution in [0.4, 0.5) is 11.6 Å². The minimum absolute atomic E-state index is 0.0443. The summed E-state index contributed by atoms with van der Waals surface area (Å²) in [6.45, 7) is 14.2. The van der Waals surface area contributed by atoms with Crippen LogP contribution in [-0.4, -0.2) is 62.8 Å². The minimum atomic E-state index is -0.762. The van der Waals surface area contributed by atoms with Gasteiger partial charge >= 0.3 is 0 Å². The number of ketones is 1. The molecule has 9 heteroatoms. The van der Waals surface area contributed by atoms with Gasteiger partial charge in [0.05, 0.1) is 5.54 Å². The van der Waals surface area contributed by atoms with Crippen molar-refractivity contribution in [2.45, 2.75) is 66.1 Å². The summed E-state index contributed by atoms with van der Waals surface area (Å²) < 4.78 is 0. The number of pyridine rings is 1. The van der Waals surface area contributed by atoms with Gasteiger partial charge in [-0.3, -0.25) is 9.59 Å². The fourth-order valence-electron chi connectivity index (χ4n) is 5.35. The van der Waals surface area contributed by atoms with Gasteiger partial charge in [0.25, 0.3) is 0 Å². The molecule has 0 N–H and O–H groups in total. The number of Topliss-reactive ketones (excluding diaryl/α,β-unsaturated/α-hetero) is 1. The van der Waals surface area contributed by atoms with Crippen LogP contribution in [0.25, 0.3) is 11.1 Å². The third-order valence-corrected chi connectivity index (χ3v) is 7.59. The molecule has 0 spiro atoms. The van der Waals surface area contributed by atoms with Gasteiger partial charge in [0.2, 0.25) is 11.9 Å². The molecule has 2 aliphatic heterocycles. The number of benzene rings is 1. The van der Waals surface area contributed by atoms with Crippen LogP contribution < -0.4 is 9.80 Å². The summed E-state index contributed by atoms with van der Waals surface area (Å²) in [7, 11) is 0. The molecule has 0 bridgehead atoms. The number of aromatic nitrogens is 3. The van der Waals surface area contributed by atoms with Crippen LogP contribution in [0.1, 0.15) is 69.6 Å². The van der Waals surface area contributed by atoms with Crippen molar-refractivity contribution in [3.8, 4) is 17.2 Å². The van der Waals surface area contributed by atoms with Crippen LogP contribution in [0, 0.1) is 11.3 Å². The second-order valence-corrected chi connectivity index (χ2v) is 10.3. The smallest absolute Gasteiger partial charge is 0.225 e. The van der Waals surface area contributed by atoms with Gasteiger partial charge in [0, 0.05) is 79.6 Å². The number of hydrogen-bond acceptors (Lipinski definition) is 8. The van der Waals surface area contributed by atoms with Gasteiger partial charge in [-0.05, 0) is 44.5 Å². The summed E-state index contributed by atoms with van der Waals surface area (Å²) in [4.78, 5) is 45.0. The topological polar surface area (TPSA) is 106 Å². The molecule has 0 saturated carbocycles. The second kappa shape index (κ2) is 11.8. The highest BCUT2D eigenvalue weighted by atomic mass is 16.2. The Labute approximate surface area is 236 Å². The Bertz CT molecular complexity index is 1430. The molecule has 1 fully saturated rings. The van der Waals surface area contributed by atoms with Crippen molar-refractivity contribution < 1.29 is 9.59 Å². The summed E-state index contributed by atoms with van der Waals surface area (Å²) in [5, 5.41) is 9.51. The fraction of sp³-hybridized carbons (Fsp3) is 0.419. The quantitative estimate of drug-likeness (QED) is 0.452. The second-order valence-electron chi connectivity index (χ2n) is 10.3. The largest absolute Gasteiger partial charge is 0.354 e. The first kappa shape index (κ1) is 28.7. The predicted octanol–water partition coefficient (Wildman–Crippen LogP) is 4.87. The minimum Gasteiger partial charge on any atom is -0.354 e. The van der Waals surface area contributed by atoms with Crippen LogP contribution in [0.15, 0.2) is 48.9 Å². The summed E-state index contributed by atoms with van der Waals surface area (Å²) in [6.07, 6.45) is 5.72. The summed E-state index contributed by atoms with van der Waals surface area (Å²) >= 11 is 0. The molecule has 1 atom stereocenters. The summed E-state index contributed by atoms with van der Waals surface area (Å²) in [5.41, 5.74) is 3.61. The Morgan fingerprint density at radius 2 is 1.82 bits per heavy atom. The Hall–Kier alpha value is -4.32. The van der Waals surface area contributed by atoms with Crippen molar-refractivity contribution in [2.24, 2.45) is 0 Å². The third kappa shape index (κ3) is 5.26. The Kier molecular flexibility index (Phi) is 8.48. The van der Waals surface area contributed by atoms with Gasteiger partial charge in [0.1, 0.15) is 11.8 Å². The number of nitrogens with zero attached hydrogens (tertiary/aromatic N) is 7. The van der Waals surface area contributed by atoms with E-state index in [2.05, 4.69) is 32.8 Å². The zero-order valence-corrected chi connectivity index (χ0v) is 24.2. The number of rotatable bonds is 5. The molecule has 2 aromatic heterocycles. The van der Waals surface area contributed by atoms with Crippen LogP contribution in [-0.2, 0) is 11.3 Å². The van der Waals surface area contributed by atoms with Crippen molar-refractivity contribution in [3.63, 3.8) is 0 Å². The zero-order valence-electron chi connectivity index (χ0n) is 24.2. The van der Waals surface area contributed by atoms with E-state index in [-0.39, 0.29) is 17.7 Å². The zero-order chi connectivity index (χ0) is 29.0. The Morgan fingerprint density at radius 3 is 2.48 bits per heavy atom. The van der Waals surface area contributed by atoms with Crippen LogP contribution >= 0.6 is 0 Å². The number of piperazine rings is 1. The molecular formula is C31H37N7O2. The monoisotopic (exact) mass is 539 g/mol. The van der Waals surface area contributed by atoms with Gasteiger partial charge in [-0.25, -0.2) is 15.0 Å².